The van der Waals surface area contributed by atoms with Gasteiger partial charge < -0.3 is 9.47 Å². The van der Waals surface area contributed by atoms with E-state index in [0.29, 0.717) is 12.0 Å². The number of sulfonamides is 1. The Morgan fingerprint density at radius 3 is 2.38 bits per heavy atom. The number of benzene rings is 2. The van der Waals surface area contributed by atoms with Crippen LogP contribution in [0.15, 0.2) is 54.6 Å². The molecule has 0 amide bonds. The third-order valence-corrected chi connectivity index (χ3v) is 5.44. The van der Waals surface area contributed by atoms with E-state index in [4.69, 9.17) is 4.74 Å². The number of halogens is 2. The molecular weight excluding hydrogens is 404 g/mol. The lowest BCUT2D eigenvalue weighted by molar-refractivity contribution is -0.144. The Morgan fingerprint density at radius 2 is 1.72 bits per heavy atom. The van der Waals surface area contributed by atoms with Gasteiger partial charge in [-0.05, 0) is 18.1 Å². The van der Waals surface area contributed by atoms with Crippen molar-refractivity contribution in [2.45, 2.75) is 39.0 Å². The SMILES string of the molecule is CC[C@@H](NS(=O)(=O)CCC(=O)OCc1ccccc1)c1ccccc1OC(F)F. The molecule has 1 N–H and O–H groups in total. The van der Waals surface area contributed by atoms with Gasteiger partial charge in [0.2, 0.25) is 10.0 Å². The standard InChI is InChI=1S/C20H23F2NO5S/c1-2-17(16-10-6-7-11-18(16)28-20(21)22)23-29(25,26)13-12-19(24)27-14-15-8-4-3-5-9-15/h3-11,17,20,23H,2,12-14H2,1H3/t17-/m1/s1. The van der Waals surface area contributed by atoms with Crippen LogP contribution in [0.2, 0.25) is 0 Å². The number of nitrogens with one attached hydrogen (secondary N) is 1. The zero-order chi connectivity index (χ0) is 21.3. The van der Waals surface area contributed by atoms with Gasteiger partial charge in [0, 0.05) is 5.56 Å². The molecule has 6 nitrogen and oxygen atoms in total. The maximum Gasteiger partial charge on any atom is 0.387 e. The zero-order valence-electron chi connectivity index (χ0n) is 15.9. The average Bonchev–Trinajstić information content (AvgIpc) is 2.70. The van der Waals surface area contributed by atoms with Crippen molar-refractivity contribution in [3.05, 3.63) is 65.7 Å². The van der Waals surface area contributed by atoms with Crippen molar-refractivity contribution < 1.29 is 31.5 Å². The second kappa shape index (κ2) is 10.9. The van der Waals surface area contributed by atoms with Crippen molar-refractivity contribution in [2.75, 3.05) is 5.75 Å². The van der Waals surface area contributed by atoms with Gasteiger partial charge in [-0.1, -0.05) is 55.5 Å². The molecule has 2 rings (SSSR count). The first kappa shape index (κ1) is 22.8. The van der Waals surface area contributed by atoms with Crippen molar-refractivity contribution in [2.24, 2.45) is 0 Å². The second-order valence-electron chi connectivity index (χ2n) is 6.21. The van der Waals surface area contributed by atoms with Crippen molar-refractivity contribution in [1.29, 1.82) is 0 Å². The molecule has 0 fully saturated rings. The fourth-order valence-corrected chi connectivity index (χ4v) is 3.92. The van der Waals surface area contributed by atoms with Gasteiger partial charge in [0.15, 0.2) is 0 Å². The van der Waals surface area contributed by atoms with Crippen LogP contribution in [0.5, 0.6) is 5.75 Å². The smallest absolute Gasteiger partial charge is 0.387 e. The highest BCUT2D eigenvalue weighted by atomic mass is 32.2. The van der Waals surface area contributed by atoms with Crippen LogP contribution in [-0.4, -0.2) is 26.8 Å². The van der Waals surface area contributed by atoms with E-state index in [2.05, 4.69) is 9.46 Å². The fraction of sp³-hybridized carbons (Fsp3) is 0.350. The Labute approximate surface area is 168 Å². The minimum atomic E-state index is -3.86. The van der Waals surface area contributed by atoms with Crippen LogP contribution >= 0.6 is 0 Å². The van der Waals surface area contributed by atoms with E-state index in [1.807, 2.05) is 6.07 Å². The van der Waals surface area contributed by atoms with Gasteiger partial charge in [-0.15, -0.1) is 0 Å². The molecule has 0 aliphatic rings. The molecule has 2 aromatic carbocycles. The van der Waals surface area contributed by atoms with Crippen molar-refractivity contribution in [1.82, 2.24) is 4.72 Å². The van der Waals surface area contributed by atoms with Crippen molar-refractivity contribution in [3.8, 4) is 5.75 Å². The van der Waals surface area contributed by atoms with Gasteiger partial charge in [0.25, 0.3) is 0 Å². The van der Waals surface area contributed by atoms with Gasteiger partial charge in [-0.25, -0.2) is 13.1 Å². The normalized spacial score (nSPS) is 12.6. The topological polar surface area (TPSA) is 81.7 Å². The van der Waals surface area contributed by atoms with Crippen LogP contribution in [0.3, 0.4) is 0 Å². The molecule has 0 aliphatic carbocycles. The molecule has 0 unspecified atom stereocenters. The number of hydrogen-bond acceptors (Lipinski definition) is 5. The molecule has 9 heteroatoms. The van der Waals surface area contributed by atoms with Gasteiger partial charge in [-0.3, -0.25) is 4.79 Å². The summed E-state index contributed by atoms with van der Waals surface area (Å²) in [5.74, 6) is -1.22. The minimum Gasteiger partial charge on any atom is -0.461 e. The number of esters is 1. The second-order valence-corrected chi connectivity index (χ2v) is 8.08. The molecule has 0 bridgehead atoms. The van der Waals surface area contributed by atoms with E-state index in [-0.39, 0.29) is 18.8 Å². The summed E-state index contributed by atoms with van der Waals surface area (Å²) >= 11 is 0. The average molecular weight is 427 g/mol. The first-order chi connectivity index (χ1) is 13.8. The summed E-state index contributed by atoms with van der Waals surface area (Å²) in [7, 11) is -3.86. The molecule has 0 aromatic heterocycles. The van der Waals surface area contributed by atoms with Gasteiger partial charge in [-0.2, -0.15) is 8.78 Å². The lowest BCUT2D eigenvalue weighted by Gasteiger charge is -2.20. The molecule has 2 aromatic rings. The predicted octanol–water partition coefficient (Wildman–Crippen LogP) is 3.79. The monoisotopic (exact) mass is 427 g/mol. The number of carbonyl (C=O) groups is 1. The van der Waals surface area contributed by atoms with E-state index in [0.717, 1.165) is 5.56 Å². The highest BCUT2D eigenvalue weighted by Crippen LogP contribution is 2.29. The van der Waals surface area contributed by atoms with Gasteiger partial charge in [0.1, 0.15) is 12.4 Å². The van der Waals surface area contributed by atoms with Crippen LogP contribution < -0.4 is 9.46 Å². The van der Waals surface area contributed by atoms with E-state index in [9.17, 15) is 22.0 Å². The van der Waals surface area contributed by atoms with E-state index < -0.39 is 34.4 Å². The van der Waals surface area contributed by atoms with E-state index in [1.54, 1.807) is 37.3 Å². The zero-order valence-corrected chi connectivity index (χ0v) is 16.7. The molecule has 0 spiro atoms. The van der Waals surface area contributed by atoms with Gasteiger partial charge >= 0.3 is 12.6 Å². The Hall–Kier alpha value is -2.52. The van der Waals surface area contributed by atoms with E-state index in [1.165, 1.54) is 18.2 Å². The number of hydrogen-bond donors (Lipinski definition) is 1. The summed E-state index contributed by atoms with van der Waals surface area (Å²) in [5.41, 5.74) is 1.09. The Kier molecular flexibility index (Phi) is 8.53. The maximum atomic E-state index is 12.6. The Morgan fingerprint density at radius 1 is 1.07 bits per heavy atom. The van der Waals surface area contributed by atoms with Crippen LogP contribution in [0, 0.1) is 0 Å². The Bertz CT molecular complexity index is 891. The third-order valence-electron chi connectivity index (χ3n) is 4.06. The van der Waals surface area contributed by atoms with Gasteiger partial charge in [0.05, 0.1) is 18.2 Å². The summed E-state index contributed by atoms with van der Waals surface area (Å²) in [4.78, 5) is 11.8. The highest BCUT2D eigenvalue weighted by Gasteiger charge is 2.23. The van der Waals surface area contributed by atoms with Crippen LogP contribution in [0.25, 0.3) is 0 Å². The summed E-state index contributed by atoms with van der Waals surface area (Å²) < 4.78 is 61.9. The molecule has 0 heterocycles. The largest absolute Gasteiger partial charge is 0.461 e. The third kappa shape index (κ3) is 7.78. The van der Waals surface area contributed by atoms with Crippen molar-refractivity contribution >= 4 is 16.0 Å². The molecule has 158 valence electrons. The molecule has 0 saturated heterocycles. The minimum absolute atomic E-state index is 0.0586. The molecule has 0 aliphatic heterocycles. The summed E-state index contributed by atoms with van der Waals surface area (Å²) in [6.45, 7) is -1.26. The molecular formula is C20H23F2NO5S. The quantitative estimate of drug-likeness (QED) is 0.552. The number of alkyl halides is 2. The molecule has 0 radical (unpaired) electrons. The first-order valence-corrected chi connectivity index (χ1v) is 10.7. The molecule has 0 saturated carbocycles. The van der Waals surface area contributed by atoms with Crippen molar-refractivity contribution in [3.63, 3.8) is 0 Å². The number of para-hydroxylation sites is 1. The van der Waals surface area contributed by atoms with E-state index >= 15 is 0 Å². The number of carbonyl (C=O) groups excluding carboxylic acids is 1. The highest BCUT2D eigenvalue weighted by molar-refractivity contribution is 7.89. The lowest BCUT2D eigenvalue weighted by atomic mass is 10.0. The van der Waals surface area contributed by atoms with Crippen LogP contribution in [0.1, 0.15) is 36.9 Å². The summed E-state index contributed by atoms with van der Waals surface area (Å²) in [6, 6.07) is 14.2. The molecule has 29 heavy (non-hydrogen) atoms. The fourth-order valence-electron chi connectivity index (χ4n) is 2.64. The maximum absolute atomic E-state index is 12.6. The van der Waals surface area contributed by atoms with Crippen LogP contribution in [0.4, 0.5) is 8.78 Å². The summed E-state index contributed by atoms with van der Waals surface area (Å²) in [6.07, 6.45) is -0.0188. The first-order valence-electron chi connectivity index (χ1n) is 9.04. The number of rotatable bonds is 11. The number of ether oxygens (including phenoxy) is 2. The Balaban J connectivity index is 1.94. The molecule has 1 atom stereocenters. The summed E-state index contributed by atoms with van der Waals surface area (Å²) in [5, 5.41) is 0. The predicted molar refractivity (Wildman–Crippen MR) is 104 cm³/mol. The van der Waals surface area contributed by atoms with Crippen LogP contribution in [-0.2, 0) is 26.2 Å². The lowest BCUT2D eigenvalue weighted by Crippen LogP contribution is -2.31.